The monoisotopic (exact) mass is 291 g/mol. The zero-order valence-electron chi connectivity index (χ0n) is 12.2. The molecule has 2 heterocycles. The molecule has 0 radical (unpaired) electrons. The number of anilines is 1. The van der Waals surface area contributed by atoms with Crippen molar-refractivity contribution in [1.29, 1.82) is 0 Å². The third-order valence-electron chi connectivity index (χ3n) is 2.22. The van der Waals surface area contributed by atoms with E-state index in [0.29, 0.717) is 0 Å². The second-order valence-corrected chi connectivity index (χ2v) is 3.35. The van der Waals surface area contributed by atoms with Gasteiger partial charge in [-0.25, -0.2) is 19.0 Å². The Morgan fingerprint density at radius 2 is 2.05 bits per heavy atom. The first-order valence-electron chi connectivity index (χ1n) is 6.59. The molecule has 20 heavy (non-hydrogen) atoms. The maximum Gasteiger partial charge on any atom is 0.351 e. The molecular weight excluding hydrogens is 269 g/mol. The summed E-state index contributed by atoms with van der Waals surface area (Å²) in [6, 6.07) is 0. The zero-order valence-corrected chi connectivity index (χ0v) is 12.2. The SMILES string of the molecule is CC.CC.Nc1nc(=O)n(C2CC(CO)OO2)cc1F. The van der Waals surface area contributed by atoms with Crippen molar-refractivity contribution >= 4 is 5.82 Å². The van der Waals surface area contributed by atoms with Crippen LogP contribution in [0.1, 0.15) is 40.3 Å². The van der Waals surface area contributed by atoms with Crippen LogP contribution in [0.25, 0.3) is 0 Å². The Balaban J connectivity index is 0.000000829. The molecule has 0 bridgehead atoms. The van der Waals surface area contributed by atoms with Crippen LogP contribution in [-0.2, 0) is 9.78 Å². The van der Waals surface area contributed by atoms with Gasteiger partial charge in [0.1, 0.15) is 6.10 Å². The van der Waals surface area contributed by atoms with Crippen LogP contribution in [0.2, 0.25) is 0 Å². The number of halogens is 1. The molecule has 116 valence electrons. The van der Waals surface area contributed by atoms with Crippen molar-refractivity contribution in [1.82, 2.24) is 9.55 Å². The molecule has 1 fully saturated rings. The summed E-state index contributed by atoms with van der Waals surface area (Å²) in [5.74, 6) is -1.27. The van der Waals surface area contributed by atoms with Gasteiger partial charge in [0.25, 0.3) is 0 Å². The molecule has 0 saturated carbocycles. The molecule has 1 aromatic heterocycles. The smallest absolute Gasteiger partial charge is 0.351 e. The maximum absolute atomic E-state index is 13.1. The molecule has 0 spiro atoms. The van der Waals surface area contributed by atoms with Crippen molar-refractivity contribution in [3.63, 3.8) is 0 Å². The van der Waals surface area contributed by atoms with E-state index in [1.807, 2.05) is 27.7 Å². The molecule has 2 atom stereocenters. The standard InChI is InChI=1S/C8H10FN3O4.2C2H6/c9-5-2-12(8(14)11-7(5)10)6-1-4(3-13)15-16-6;2*1-2/h2,4,6,13H,1,3H2,(H2,10,11,14);2*1-2H3. The van der Waals surface area contributed by atoms with E-state index >= 15 is 0 Å². The Bertz CT molecular complexity index is 453. The van der Waals surface area contributed by atoms with E-state index in [9.17, 15) is 9.18 Å². The van der Waals surface area contributed by atoms with Crippen LogP contribution in [0.5, 0.6) is 0 Å². The minimum Gasteiger partial charge on any atom is -0.394 e. The summed E-state index contributed by atoms with van der Waals surface area (Å²) in [6.45, 7) is 7.76. The minimum atomic E-state index is -0.810. The van der Waals surface area contributed by atoms with Crippen LogP contribution in [-0.4, -0.2) is 27.4 Å². The highest BCUT2D eigenvalue weighted by atomic mass is 19.1. The first-order chi connectivity index (χ1) is 9.61. The Morgan fingerprint density at radius 1 is 1.45 bits per heavy atom. The van der Waals surface area contributed by atoms with E-state index in [0.717, 1.165) is 10.8 Å². The second-order valence-electron chi connectivity index (χ2n) is 3.35. The van der Waals surface area contributed by atoms with Gasteiger partial charge in [0.05, 0.1) is 12.8 Å². The summed E-state index contributed by atoms with van der Waals surface area (Å²) in [5, 5.41) is 8.80. The van der Waals surface area contributed by atoms with Gasteiger partial charge < -0.3 is 10.8 Å². The fourth-order valence-electron chi connectivity index (χ4n) is 1.38. The van der Waals surface area contributed by atoms with Crippen molar-refractivity contribution in [2.24, 2.45) is 0 Å². The first-order valence-corrected chi connectivity index (χ1v) is 6.59. The summed E-state index contributed by atoms with van der Waals surface area (Å²) >= 11 is 0. The van der Waals surface area contributed by atoms with Crippen molar-refractivity contribution in [2.75, 3.05) is 12.3 Å². The molecule has 0 amide bonds. The molecule has 2 unspecified atom stereocenters. The van der Waals surface area contributed by atoms with Crippen molar-refractivity contribution in [3.8, 4) is 0 Å². The lowest BCUT2D eigenvalue weighted by Crippen LogP contribution is -2.28. The van der Waals surface area contributed by atoms with E-state index < -0.39 is 29.7 Å². The van der Waals surface area contributed by atoms with Gasteiger partial charge in [0, 0.05) is 6.42 Å². The van der Waals surface area contributed by atoms with Gasteiger partial charge in [0.2, 0.25) is 0 Å². The van der Waals surface area contributed by atoms with Crippen molar-refractivity contribution in [3.05, 3.63) is 22.5 Å². The number of hydrogen-bond donors (Lipinski definition) is 2. The van der Waals surface area contributed by atoms with Gasteiger partial charge in [-0.15, -0.1) is 0 Å². The fraction of sp³-hybridized carbons (Fsp3) is 0.667. The lowest BCUT2D eigenvalue weighted by Gasteiger charge is -2.10. The lowest BCUT2D eigenvalue weighted by molar-refractivity contribution is -0.314. The summed E-state index contributed by atoms with van der Waals surface area (Å²) in [6.07, 6.45) is -0.190. The first kappa shape index (κ1) is 18.5. The highest BCUT2D eigenvalue weighted by Gasteiger charge is 2.29. The van der Waals surface area contributed by atoms with Crippen LogP contribution >= 0.6 is 0 Å². The highest BCUT2D eigenvalue weighted by molar-refractivity contribution is 5.26. The Kier molecular flexibility index (Phi) is 8.69. The molecule has 1 aromatic rings. The van der Waals surface area contributed by atoms with E-state index in [4.69, 9.17) is 20.6 Å². The lowest BCUT2D eigenvalue weighted by atomic mass is 10.2. The van der Waals surface area contributed by atoms with Crippen molar-refractivity contribution < 1.29 is 19.3 Å². The molecule has 1 aliphatic heterocycles. The number of aromatic nitrogens is 2. The average molecular weight is 291 g/mol. The van der Waals surface area contributed by atoms with Crippen LogP contribution in [0.3, 0.4) is 0 Å². The van der Waals surface area contributed by atoms with Gasteiger partial charge in [-0.05, 0) is 0 Å². The third kappa shape index (κ3) is 4.55. The van der Waals surface area contributed by atoms with E-state index in [-0.39, 0.29) is 13.0 Å². The van der Waals surface area contributed by atoms with E-state index in [1.54, 1.807) is 0 Å². The number of aliphatic hydroxyl groups is 1. The molecule has 0 aliphatic carbocycles. The van der Waals surface area contributed by atoms with Crippen LogP contribution in [0.15, 0.2) is 11.0 Å². The normalized spacial score (nSPS) is 20.5. The van der Waals surface area contributed by atoms with E-state index in [1.165, 1.54) is 0 Å². The van der Waals surface area contributed by atoms with Gasteiger partial charge in [-0.3, -0.25) is 4.57 Å². The van der Waals surface area contributed by atoms with Crippen LogP contribution in [0.4, 0.5) is 10.2 Å². The molecule has 1 saturated heterocycles. The molecule has 0 aromatic carbocycles. The number of nitrogens with two attached hydrogens (primary N) is 1. The number of hydrogen-bond acceptors (Lipinski definition) is 6. The predicted molar refractivity (Wildman–Crippen MR) is 72.3 cm³/mol. The van der Waals surface area contributed by atoms with Gasteiger partial charge in [-0.2, -0.15) is 4.98 Å². The van der Waals surface area contributed by atoms with Gasteiger partial charge in [-0.1, -0.05) is 27.7 Å². The molecule has 8 heteroatoms. The number of nitrogen functional groups attached to an aromatic ring is 1. The molecular formula is C12H22FN3O4. The average Bonchev–Trinajstić information content (AvgIpc) is 2.96. The molecule has 7 nitrogen and oxygen atoms in total. The fourth-order valence-corrected chi connectivity index (χ4v) is 1.38. The quantitative estimate of drug-likeness (QED) is 0.795. The Hall–Kier alpha value is -1.51. The van der Waals surface area contributed by atoms with Gasteiger partial charge in [0.15, 0.2) is 17.9 Å². The number of aliphatic hydroxyl groups excluding tert-OH is 1. The molecule has 3 N–H and O–H groups in total. The van der Waals surface area contributed by atoms with E-state index in [2.05, 4.69) is 4.98 Å². The summed E-state index contributed by atoms with van der Waals surface area (Å²) in [4.78, 5) is 24.1. The highest BCUT2D eigenvalue weighted by Crippen LogP contribution is 2.24. The Labute approximate surface area is 117 Å². The largest absolute Gasteiger partial charge is 0.394 e. The van der Waals surface area contributed by atoms with Crippen molar-refractivity contribution in [2.45, 2.75) is 46.4 Å². The molecule has 1 aliphatic rings. The minimum absolute atomic E-state index is 0.238. The topological polar surface area (TPSA) is 99.6 Å². The maximum atomic E-state index is 13.1. The summed E-state index contributed by atoms with van der Waals surface area (Å²) in [7, 11) is 0. The number of nitrogens with zero attached hydrogens (tertiary/aromatic N) is 2. The molecule has 2 rings (SSSR count). The summed E-state index contributed by atoms with van der Waals surface area (Å²) in [5.41, 5.74) is 4.40. The van der Waals surface area contributed by atoms with Crippen LogP contribution < -0.4 is 11.4 Å². The predicted octanol–water partition coefficient (Wildman–Crippen LogP) is 1.23. The third-order valence-corrected chi connectivity index (χ3v) is 2.22. The summed E-state index contributed by atoms with van der Waals surface area (Å²) < 4.78 is 14.0. The number of rotatable bonds is 2. The Morgan fingerprint density at radius 3 is 2.55 bits per heavy atom. The van der Waals surface area contributed by atoms with Gasteiger partial charge >= 0.3 is 5.69 Å². The van der Waals surface area contributed by atoms with Crippen LogP contribution in [0, 0.1) is 5.82 Å². The zero-order chi connectivity index (χ0) is 15.7. The second kappa shape index (κ2) is 9.40.